The molecule has 4 heteroatoms. The summed E-state index contributed by atoms with van der Waals surface area (Å²) in [6.07, 6.45) is 9.20. The molecule has 0 aliphatic heterocycles. The summed E-state index contributed by atoms with van der Waals surface area (Å²) in [4.78, 5) is 13.6. The van der Waals surface area contributed by atoms with Crippen molar-refractivity contribution in [3.8, 4) is 16.9 Å². The van der Waals surface area contributed by atoms with Crippen molar-refractivity contribution < 1.29 is 9.90 Å². The Balaban J connectivity index is 1.70. The van der Waals surface area contributed by atoms with Crippen LogP contribution in [-0.2, 0) is 11.2 Å². The lowest BCUT2D eigenvalue weighted by atomic mass is 9.99. The maximum Gasteiger partial charge on any atom is 0.237 e. The maximum absolute atomic E-state index is 13.6. The smallest absolute Gasteiger partial charge is 0.237 e. The van der Waals surface area contributed by atoms with E-state index in [-0.39, 0.29) is 23.7 Å². The highest BCUT2D eigenvalue weighted by molar-refractivity contribution is 5.82. The van der Waals surface area contributed by atoms with E-state index in [0.29, 0.717) is 18.3 Å². The average Bonchev–Trinajstić information content (AvgIpc) is 2.94. The van der Waals surface area contributed by atoms with Gasteiger partial charge in [-0.3, -0.25) is 4.79 Å². The van der Waals surface area contributed by atoms with Crippen LogP contribution in [0.25, 0.3) is 17.2 Å². The van der Waals surface area contributed by atoms with Gasteiger partial charge in [0.1, 0.15) is 5.75 Å². The Hall–Kier alpha value is -3.37. The number of hydrogen-bond acceptors (Lipinski definition) is 3. The molecule has 0 unspecified atom stereocenters. The molecule has 3 atom stereocenters. The lowest BCUT2D eigenvalue weighted by Gasteiger charge is -2.24. The molecule has 0 saturated heterocycles. The number of unbranched alkanes of at least 4 members (excludes halogenated alkanes) is 1. The topological polar surface area (TPSA) is 61.4 Å². The molecule has 3 aromatic carbocycles. The highest BCUT2D eigenvalue weighted by atomic mass is 16.3. The number of hydrogen-bond donors (Lipinski definition) is 3. The maximum atomic E-state index is 13.6. The molecule has 3 rings (SSSR count). The first kappa shape index (κ1) is 30.2. The molecule has 1 amide bonds. The van der Waals surface area contributed by atoms with Crippen LogP contribution < -0.4 is 10.6 Å². The van der Waals surface area contributed by atoms with Crippen LogP contribution in [0.1, 0.15) is 64.5 Å². The normalized spacial score (nSPS) is 13.9. The molecule has 0 aliphatic carbocycles. The second-order valence-corrected chi connectivity index (χ2v) is 11.2. The molecule has 4 nitrogen and oxygen atoms in total. The molecular weight excluding hydrogens is 480 g/mol. The van der Waals surface area contributed by atoms with Gasteiger partial charge in [-0.1, -0.05) is 119 Å². The molecule has 39 heavy (non-hydrogen) atoms. The van der Waals surface area contributed by atoms with Crippen molar-refractivity contribution in [2.45, 2.75) is 71.9 Å². The molecule has 0 bridgehead atoms. The molecule has 3 aromatic rings. The van der Waals surface area contributed by atoms with E-state index in [1.165, 1.54) is 24.0 Å². The molecule has 0 saturated carbocycles. The fourth-order valence-electron chi connectivity index (χ4n) is 4.74. The Morgan fingerprint density at radius 1 is 0.897 bits per heavy atom. The molecule has 0 fully saturated rings. The molecule has 0 aromatic heterocycles. The summed E-state index contributed by atoms with van der Waals surface area (Å²) >= 11 is 0. The van der Waals surface area contributed by atoms with Crippen LogP contribution in [0, 0.1) is 11.8 Å². The summed E-state index contributed by atoms with van der Waals surface area (Å²) in [6.45, 7) is 9.62. The van der Waals surface area contributed by atoms with Crippen LogP contribution >= 0.6 is 0 Å². The van der Waals surface area contributed by atoms with Gasteiger partial charge in [0.05, 0.1) is 6.04 Å². The van der Waals surface area contributed by atoms with E-state index in [9.17, 15) is 9.90 Å². The van der Waals surface area contributed by atoms with E-state index in [1.807, 2.05) is 18.2 Å². The number of nitrogens with one attached hydrogen (secondary N) is 2. The second-order valence-electron chi connectivity index (χ2n) is 11.2. The second kappa shape index (κ2) is 15.9. The van der Waals surface area contributed by atoms with Crippen molar-refractivity contribution in [3.63, 3.8) is 0 Å². The van der Waals surface area contributed by atoms with Crippen molar-refractivity contribution in [1.82, 2.24) is 10.6 Å². The quantitative estimate of drug-likeness (QED) is 0.191. The van der Waals surface area contributed by atoms with Gasteiger partial charge in [-0.25, -0.2) is 0 Å². The molecule has 208 valence electrons. The van der Waals surface area contributed by atoms with E-state index in [2.05, 4.69) is 99.0 Å². The zero-order chi connectivity index (χ0) is 28.0. The van der Waals surface area contributed by atoms with E-state index in [4.69, 9.17) is 0 Å². The molecule has 0 radical (unpaired) electrons. The van der Waals surface area contributed by atoms with E-state index in [0.717, 1.165) is 30.5 Å². The Kier molecular flexibility index (Phi) is 12.3. The first-order chi connectivity index (χ1) is 18.8. The third-order valence-corrected chi connectivity index (χ3v) is 7.05. The number of carbonyl (C=O) groups is 1. The van der Waals surface area contributed by atoms with Gasteiger partial charge in [-0.05, 0) is 72.0 Å². The summed E-state index contributed by atoms with van der Waals surface area (Å²) < 4.78 is 0. The van der Waals surface area contributed by atoms with Crippen LogP contribution in [0.5, 0.6) is 5.75 Å². The Morgan fingerprint density at radius 3 is 2.21 bits per heavy atom. The number of amides is 1. The Morgan fingerprint density at radius 2 is 1.56 bits per heavy atom. The van der Waals surface area contributed by atoms with Crippen molar-refractivity contribution >= 4 is 12.0 Å². The first-order valence-corrected chi connectivity index (χ1v) is 14.5. The zero-order valence-corrected chi connectivity index (χ0v) is 24.1. The average molecular weight is 527 g/mol. The first-order valence-electron chi connectivity index (χ1n) is 14.5. The van der Waals surface area contributed by atoms with Crippen LogP contribution in [0.15, 0.2) is 84.9 Å². The lowest BCUT2D eigenvalue weighted by Crippen LogP contribution is -2.49. The largest absolute Gasteiger partial charge is 0.508 e. The minimum atomic E-state index is -0.341. The molecule has 0 aliphatic rings. The molecule has 0 heterocycles. The number of rotatable bonds is 15. The van der Waals surface area contributed by atoms with Gasteiger partial charge in [0.15, 0.2) is 0 Å². The standard InChI is InChI=1S/C35H46N2O2/c1-5-6-10-27(4)25-36-34(24-29-16-21-33(38)22-17-29)35(39)37-32(23-26(2)3)20-15-28-13-18-31(19-14-28)30-11-8-7-9-12-30/h7-9,11-22,26-27,32,34,36,38H,5-6,10,23-25H2,1-4H3,(H,37,39)/b20-15+/t27-,32+,34-/m0/s1. The lowest BCUT2D eigenvalue weighted by molar-refractivity contribution is -0.123. The van der Waals surface area contributed by atoms with Crippen molar-refractivity contribution in [2.24, 2.45) is 11.8 Å². The number of aromatic hydroxyl groups is 1. The summed E-state index contributed by atoms with van der Waals surface area (Å²) in [5.74, 6) is 1.20. The number of benzene rings is 3. The number of phenols is 1. The van der Waals surface area contributed by atoms with Gasteiger partial charge in [0, 0.05) is 6.04 Å². The van der Waals surface area contributed by atoms with Crippen LogP contribution in [-0.4, -0.2) is 29.6 Å². The van der Waals surface area contributed by atoms with Gasteiger partial charge in [0.2, 0.25) is 5.91 Å². The van der Waals surface area contributed by atoms with Crippen molar-refractivity contribution in [2.75, 3.05) is 6.54 Å². The predicted molar refractivity (Wildman–Crippen MR) is 165 cm³/mol. The highest BCUT2D eigenvalue weighted by Crippen LogP contribution is 2.20. The van der Waals surface area contributed by atoms with Crippen LogP contribution in [0.3, 0.4) is 0 Å². The fourth-order valence-corrected chi connectivity index (χ4v) is 4.74. The predicted octanol–water partition coefficient (Wildman–Crippen LogP) is 7.63. The zero-order valence-electron chi connectivity index (χ0n) is 24.1. The van der Waals surface area contributed by atoms with Gasteiger partial charge in [-0.15, -0.1) is 0 Å². The van der Waals surface area contributed by atoms with Gasteiger partial charge in [0.25, 0.3) is 0 Å². The van der Waals surface area contributed by atoms with Gasteiger partial charge >= 0.3 is 0 Å². The molecule has 0 spiro atoms. The van der Waals surface area contributed by atoms with Gasteiger partial charge in [-0.2, -0.15) is 0 Å². The third kappa shape index (κ3) is 10.7. The Labute approximate surface area is 235 Å². The molecule has 3 N–H and O–H groups in total. The monoisotopic (exact) mass is 526 g/mol. The highest BCUT2D eigenvalue weighted by Gasteiger charge is 2.22. The minimum Gasteiger partial charge on any atom is -0.508 e. The Bertz CT molecular complexity index is 1140. The van der Waals surface area contributed by atoms with E-state index >= 15 is 0 Å². The van der Waals surface area contributed by atoms with Gasteiger partial charge < -0.3 is 15.7 Å². The van der Waals surface area contributed by atoms with E-state index < -0.39 is 0 Å². The van der Waals surface area contributed by atoms with Crippen LogP contribution in [0.2, 0.25) is 0 Å². The molecular formula is C35H46N2O2. The number of phenolic OH excluding ortho intramolecular Hbond substituents is 1. The minimum absolute atomic E-state index is 0.0143. The van der Waals surface area contributed by atoms with Crippen LogP contribution in [0.4, 0.5) is 0 Å². The fraction of sp³-hybridized carbons (Fsp3) is 0.400. The van der Waals surface area contributed by atoms with E-state index in [1.54, 1.807) is 12.1 Å². The summed E-state index contributed by atoms with van der Waals surface area (Å²) in [5.41, 5.74) is 4.53. The number of carbonyl (C=O) groups excluding carboxylic acids is 1. The summed E-state index contributed by atoms with van der Waals surface area (Å²) in [7, 11) is 0. The summed E-state index contributed by atoms with van der Waals surface area (Å²) in [5, 5.41) is 16.5. The van der Waals surface area contributed by atoms with Crippen molar-refractivity contribution in [1.29, 1.82) is 0 Å². The summed E-state index contributed by atoms with van der Waals surface area (Å²) in [6, 6.07) is 25.6. The third-order valence-electron chi connectivity index (χ3n) is 7.05. The van der Waals surface area contributed by atoms with Crippen molar-refractivity contribution in [3.05, 3.63) is 96.1 Å². The SMILES string of the molecule is CCCC[C@H](C)CN[C@@H](Cc1ccc(O)cc1)C(=O)N[C@H](/C=C/c1ccc(-c2ccccc2)cc1)CC(C)C.